The van der Waals surface area contributed by atoms with Crippen molar-refractivity contribution in [3.8, 4) is 5.88 Å². The van der Waals surface area contributed by atoms with Crippen LogP contribution in [0.5, 0.6) is 5.88 Å². The van der Waals surface area contributed by atoms with Crippen molar-refractivity contribution in [1.82, 2.24) is 4.98 Å². The quantitative estimate of drug-likeness (QED) is 0.851. The van der Waals surface area contributed by atoms with Crippen molar-refractivity contribution in [2.24, 2.45) is 0 Å². The molecule has 0 saturated heterocycles. The van der Waals surface area contributed by atoms with E-state index in [-0.39, 0.29) is 11.7 Å². The van der Waals surface area contributed by atoms with Crippen LogP contribution >= 0.6 is 0 Å². The number of aryl methyl sites for hydroxylation is 1. The fraction of sp³-hybridized carbons (Fsp3) is 0.500. The Bertz CT molecular complexity index is 397. The molecule has 2 rings (SSSR count). The number of hydrogen-bond acceptors (Lipinski definition) is 3. The molecule has 1 heterocycles. The summed E-state index contributed by atoms with van der Waals surface area (Å²) in [6.45, 7) is 1.69. The zero-order chi connectivity index (χ0) is 11.5. The summed E-state index contributed by atoms with van der Waals surface area (Å²) < 4.78 is 5.69. The SMILES string of the molecule is Cc1nc(OC2CCCC2)ccc1C(=O)O. The van der Waals surface area contributed by atoms with E-state index < -0.39 is 5.97 Å². The van der Waals surface area contributed by atoms with Crippen molar-refractivity contribution in [2.45, 2.75) is 38.7 Å². The van der Waals surface area contributed by atoms with E-state index in [2.05, 4.69) is 4.98 Å². The van der Waals surface area contributed by atoms with Crippen molar-refractivity contribution in [3.63, 3.8) is 0 Å². The second kappa shape index (κ2) is 4.51. The highest BCUT2D eigenvalue weighted by Crippen LogP contribution is 2.23. The van der Waals surface area contributed by atoms with Gasteiger partial charge in [0, 0.05) is 6.07 Å². The minimum absolute atomic E-state index is 0.235. The predicted octanol–water partition coefficient (Wildman–Crippen LogP) is 2.41. The summed E-state index contributed by atoms with van der Waals surface area (Å²) in [7, 11) is 0. The molecule has 4 heteroatoms. The third-order valence-electron chi connectivity index (χ3n) is 2.88. The number of aromatic carboxylic acids is 1. The molecule has 0 atom stereocenters. The van der Waals surface area contributed by atoms with Crippen molar-refractivity contribution >= 4 is 5.97 Å². The first-order chi connectivity index (χ1) is 7.66. The molecule has 0 aromatic carbocycles. The van der Waals surface area contributed by atoms with Gasteiger partial charge in [-0.05, 0) is 38.7 Å². The van der Waals surface area contributed by atoms with Gasteiger partial charge in [0.25, 0.3) is 0 Å². The molecule has 0 aliphatic heterocycles. The van der Waals surface area contributed by atoms with Crippen LogP contribution in [0.2, 0.25) is 0 Å². The molecule has 1 fully saturated rings. The third kappa shape index (κ3) is 2.32. The summed E-state index contributed by atoms with van der Waals surface area (Å²) in [4.78, 5) is 15.0. The third-order valence-corrected chi connectivity index (χ3v) is 2.88. The Kier molecular flexibility index (Phi) is 3.08. The molecule has 0 unspecified atom stereocenters. The van der Waals surface area contributed by atoms with Crippen LogP contribution in [0, 0.1) is 6.92 Å². The van der Waals surface area contributed by atoms with Gasteiger partial charge in [0.05, 0.1) is 11.3 Å². The van der Waals surface area contributed by atoms with Crippen LogP contribution < -0.4 is 4.74 Å². The fourth-order valence-electron chi connectivity index (χ4n) is 2.01. The van der Waals surface area contributed by atoms with Crippen molar-refractivity contribution in [2.75, 3.05) is 0 Å². The van der Waals surface area contributed by atoms with E-state index in [1.165, 1.54) is 12.8 Å². The van der Waals surface area contributed by atoms with E-state index in [9.17, 15) is 4.79 Å². The normalized spacial score (nSPS) is 16.3. The number of pyridine rings is 1. The monoisotopic (exact) mass is 221 g/mol. The van der Waals surface area contributed by atoms with Gasteiger partial charge in [-0.15, -0.1) is 0 Å². The average Bonchev–Trinajstić information content (AvgIpc) is 2.70. The standard InChI is InChI=1S/C12H15NO3/c1-8-10(12(14)15)6-7-11(13-8)16-9-4-2-3-5-9/h6-7,9H,2-5H2,1H3,(H,14,15). The topological polar surface area (TPSA) is 59.4 Å². The van der Waals surface area contributed by atoms with Gasteiger partial charge in [-0.1, -0.05) is 0 Å². The van der Waals surface area contributed by atoms with Gasteiger partial charge in [-0.2, -0.15) is 0 Å². The summed E-state index contributed by atoms with van der Waals surface area (Å²) in [5.74, 6) is -0.410. The van der Waals surface area contributed by atoms with E-state index in [1.807, 2.05) is 0 Å². The predicted molar refractivity (Wildman–Crippen MR) is 58.8 cm³/mol. The number of nitrogens with zero attached hydrogens (tertiary/aromatic N) is 1. The Hall–Kier alpha value is -1.58. The van der Waals surface area contributed by atoms with Crippen LogP contribution in [0.1, 0.15) is 41.7 Å². The summed E-state index contributed by atoms with van der Waals surface area (Å²) in [5.41, 5.74) is 0.738. The molecule has 1 aliphatic carbocycles. The summed E-state index contributed by atoms with van der Waals surface area (Å²) in [6, 6.07) is 3.18. The number of ether oxygens (including phenoxy) is 1. The molecule has 1 aliphatic rings. The highest BCUT2D eigenvalue weighted by molar-refractivity contribution is 5.88. The minimum Gasteiger partial charge on any atom is -0.478 e. The zero-order valence-corrected chi connectivity index (χ0v) is 9.27. The lowest BCUT2D eigenvalue weighted by molar-refractivity contribution is 0.0695. The Labute approximate surface area is 94.3 Å². The number of hydrogen-bond donors (Lipinski definition) is 1. The molecule has 0 amide bonds. The summed E-state index contributed by atoms with van der Waals surface area (Å²) >= 11 is 0. The Balaban J connectivity index is 2.11. The lowest BCUT2D eigenvalue weighted by atomic mass is 10.2. The molecule has 1 aromatic heterocycles. The first-order valence-corrected chi connectivity index (χ1v) is 5.54. The summed E-state index contributed by atoms with van der Waals surface area (Å²) in [5, 5.41) is 8.86. The second-order valence-corrected chi connectivity index (χ2v) is 4.11. The first kappa shape index (κ1) is 10.9. The van der Waals surface area contributed by atoms with Crippen LogP contribution in [0.3, 0.4) is 0 Å². The highest BCUT2D eigenvalue weighted by atomic mass is 16.5. The lowest BCUT2D eigenvalue weighted by Gasteiger charge is -2.12. The van der Waals surface area contributed by atoms with E-state index in [4.69, 9.17) is 9.84 Å². The fourth-order valence-corrected chi connectivity index (χ4v) is 2.01. The molecular formula is C12H15NO3. The molecule has 0 bridgehead atoms. The van der Waals surface area contributed by atoms with Gasteiger partial charge in [0.1, 0.15) is 6.10 Å². The van der Waals surface area contributed by atoms with Gasteiger partial charge in [0.15, 0.2) is 0 Å². The van der Waals surface area contributed by atoms with Crippen LogP contribution in [-0.4, -0.2) is 22.2 Å². The smallest absolute Gasteiger partial charge is 0.337 e. The molecule has 4 nitrogen and oxygen atoms in total. The Morgan fingerprint density at radius 1 is 1.44 bits per heavy atom. The zero-order valence-electron chi connectivity index (χ0n) is 9.27. The van der Waals surface area contributed by atoms with E-state index in [0.29, 0.717) is 11.6 Å². The minimum atomic E-state index is -0.947. The van der Waals surface area contributed by atoms with E-state index in [1.54, 1.807) is 19.1 Å². The highest BCUT2D eigenvalue weighted by Gasteiger charge is 2.17. The molecule has 1 N–H and O–H groups in total. The summed E-state index contributed by atoms with van der Waals surface area (Å²) in [6.07, 6.45) is 4.80. The maximum atomic E-state index is 10.8. The Morgan fingerprint density at radius 3 is 2.69 bits per heavy atom. The van der Waals surface area contributed by atoms with Crippen LogP contribution in [0.4, 0.5) is 0 Å². The van der Waals surface area contributed by atoms with E-state index >= 15 is 0 Å². The molecule has 0 spiro atoms. The Morgan fingerprint density at radius 2 is 2.12 bits per heavy atom. The molecule has 86 valence electrons. The van der Waals surface area contributed by atoms with Crippen molar-refractivity contribution in [1.29, 1.82) is 0 Å². The van der Waals surface area contributed by atoms with Crippen molar-refractivity contribution in [3.05, 3.63) is 23.4 Å². The second-order valence-electron chi connectivity index (χ2n) is 4.11. The number of rotatable bonds is 3. The van der Waals surface area contributed by atoms with Gasteiger partial charge < -0.3 is 9.84 Å². The maximum Gasteiger partial charge on any atom is 0.337 e. The average molecular weight is 221 g/mol. The first-order valence-electron chi connectivity index (χ1n) is 5.54. The number of carboxylic acid groups (broad SMARTS) is 1. The van der Waals surface area contributed by atoms with Gasteiger partial charge in [0.2, 0.25) is 5.88 Å². The number of aromatic nitrogens is 1. The van der Waals surface area contributed by atoms with Crippen LogP contribution in [0.15, 0.2) is 12.1 Å². The molecule has 0 radical (unpaired) electrons. The van der Waals surface area contributed by atoms with Crippen LogP contribution in [-0.2, 0) is 0 Å². The van der Waals surface area contributed by atoms with E-state index in [0.717, 1.165) is 12.8 Å². The number of carboxylic acids is 1. The molecule has 1 aromatic rings. The molecule has 16 heavy (non-hydrogen) atoms. The maximum absolute atomic E-state index is 10.8. The lowest BCUT2D eigenvalue weighted by Crippen LogP contribution is -2.12. The molecular weight excluding hydrogens is 206 g/mol. The molecule has 1 saturated carbocycles. The van der Waals surface area contributed by atoms with Crippen molar-refractivity contribution < 1.29 is 14.6 Å². The van der Waals surface area contributed by atoms with Crippen LogP contribution in [0.25, 0.3) is 0 Å². The largest absolute Gasteiger partial charge is 0.478 e. The number of carbonyl (C=O) groups is 1. The van der Waals surface area contributed by atoms with Gasteiger partial charge >= 0.3 is 5.97 Å². The van der Waals surface area contributed by atoms with Gasteiger partial charge in [-0.25, -0.2) is 9.78 Å². The van der Waals surface area contributed by atoms with Gasteiger partial charge in [-0.3, -0.25) is 0 Å².